The minimum atomic E-state index is -0.231. The summed E-state index contributed by atoms with van der Waals surface area (Å²) in [7, 11) is 0. The van der Waals surface area contributed by atoms with E-state index in [1.807, 2.05) is 12.1 Å². The van der Waals surface area contributed by atoms with E-state index < -0.39 is 0 Å². The summed E-state index contributed by atoms with van der Waals surface area (Å²) in [6.07, 6.45) is 7.96. The van der Waals surface area contributed by atoms with Gasteiger partial charge in [-0.25, -0.2) is 4.98 Å². The van der Waals surface area contributed by atoms with E-state index in [1.165, 1.54) is 32.1 Å². The van der Waals surface area contributed by atoms with Crippen LogP contribution in [0.2, 0.25) is 5.02 Å². The lowest BCUT2D eigenvalue weighted by Gasteiger charge is -2.23. The molecule has 0 bridgehead atoms. The van der Waals surface area contributed by atoms with Gasteiger partial charge in [-0.2, -0.15) is 0 Å². The molecule has 1 fully saturated rings. The number of halogens is 1. The fraction of sp³-hybridized carbons (Fsp3) is 0.333. The minimum absolute atomic E-state index is 0.231. The van der Waals surface area contributed by atoms with Gasteiger partial charge in [0, 0.05) is 6.04 Å². The number of rotatable bonds is 4. The van der Waals surface area contributed by atoms with Crippen LogP contribution in [0.25, 0.3) is 0 Å². The van der Waals surface area contributed by atoms with Crippen molar-refractivity contribution >= 4 is 29.0 Å². The van der Waals surface area contributed by atoms with Gasteiger partial charge < -0.3 is 10.6 Å². The van der Waals surface area contributed by atoms with E-state index in [0.29, 0.717) is 22.3 Å². The molecule has 3 rings (SSSR count). The van der Waals surface area contributed by atoms with Crippen LogP contribution >= 0.6 is 11.6 Å². The first-order chi connectivity index (χ1) is 11.2. The molecule has 0 unspecified atom stereocenters. The molecule has 120 valence electrons. The quantitative estimate of drug-likeness (QED) is 0.852. The van der Waals surface area contributed by atoms with Crippen molar-refractivity contribution in [3.05, 3.63) is 53.2 Å². The second-order valence-electron chi connectivity index (χ2n) is 5.85. The lowest BCUT2D eigenvalue weighted by atomic mass is 9.95. The zero-order chi connectivity index (χ0) is 16.1. The monoisotopic (exact) mass is 329 g/mol. The Kier molecular flexibility index (Phi) is 5.13. The van der Waals surface area contributed by atoms with Gasteiger partial charge in [-0.1, -0.05) is 43.0 Å². The number of anilines is 2. The predicted molar refractivity (Wildman–Crippen MR) is 94.1 cm³/mol. The largest absolute Gasteiger partial charge is 0.367 e. The van der Waals surface area contributed by atoms with E-state index in [4.69, 9.17) is 11.6 Å². The summed E-state index contributed by atoms with van der Waals surface area (Å²) >= 11 is 6.03. The van der Waals surface area contributed by atoms with E-state index in [-0.39, 0.29) is 5.91 Å². The summed E-state index contributed by atoms with van der Waals surface area (Å²) < 4.78 is 0. The first-order valence-electron chi connectivity index (χ1n) is 8.01. The van der Waals surface area contributed by atoms with Crippen LogP contribution in [0.3, 0.4) is 0 Å². The Balaban J connectivity index is 1.61. The summed E-state index contributed by atoms with van der Waals surface area (Å²) in [4.78, 5) is 16.6. The topological polar surface area (TPSA) is 54.0 Å². The van der Waals surface area contributed by atoms with Crippen LogP contribution in [-0.2, 0) is 0 Å². The molecule has 1 aromatic heterocycles. The second kappa shape index (κ2) is 7.47. The Morgan fingerprint density at radius 3 is 2.57 bits per heavy atom. The van der Waals surface area contributed by atoms with Crippen molar-refractivity contribution in [1.29, 1.82) is 0 Å². The number of hydrogen-bond donors (Lipinski definition) is 2. The number of hydrogen-bond acceptors (Lipinski definition) is 3. The normalized spacial score (nSPS) is 15.2. The van der Waals surface area contributed by atoms with Crippen LogP contribution in [0.15, 0.2) is 42.6 Å². The highest BCUT2D eigenvalue weighted by atomic mass is 35.5. The lowest BCUT2D eigenvalue weighted by molar-refractivity contribution is 0.102. The second-order valence-corrected chi connectivity index (χ2v) is 6.25. The highest BCUT2D eigenvalue weighted by Crippen LogP contribution is 2.22. The molecule has 1 aliphatic rings. The summed E-state index contributed by atoms with van der Waals surface area (Å²) in [5.41, 5.74) is 1.11. The summed E-state index contributed by atoms with van der Waals surface area (Å²) in [5.74, 6) is 0.623. The first-order valence-corrected chi connectivity index (χ1v) is 8.38. The highest BCUT2D eigenvalue weighted by Gasteiger charge is 2.14. The summed E-state index contributed by atoms with van der Waals surface area (Å²) in [5, 5.41) is 6.71. The molecular formula is C18H20ClN3O. The van der Waals surface area contributed by atoms with E-state index >= 15 is 0 Å². The standard InChI is InChI=1S/C18H20ClN3O/c19-16-9-5-4-8-15(16)18(23)22-14-10-11-17(20-12-14)21-13-6-2-1-3-7-13/h4-5,8-13H,1-3,6-7H2,(H,20,21)(H,22,23). The summed E-state index contributed by atoms with van der Waals surface area (Å²) in [6, 6.07) is 11.3. The molecule has 0 aliphatic heterocycles. The highest BCUT2D eigenvalue weighted by molar-refractivity contribution is 6.34. The van der Waals surface area contributed by atoms with E-state index in [2.05, 4.69) is 15.6 Å². The van der Waals surface area contributed by atoms with Crippen molar-refractivity contribution < 1.29 is 4.79 Å². The van der Waals surface area contributed by atoms with Gasteiger partial charge in [-0.15, -0.1) is 0 Å². The SMILES string of the molecule is O=C(Nc1ccc(NC2CCCCC2)nc1)c1ccccc1Cl. The van der Waals surface area contributed by atoms with Gasteiger partial charge in [-0.05, 0) is 37.1 Å². The smallest absolute Gasteiger partial charge is 0.257 e. The average Bonchev–Trinajstić information content (AvgIpc) is 2.58. The number of aromatic nitrogens is 1. The van der Waals surface area contributed by atoms with E-state index in [0.717, 1.165) is 5.82 Å². The molecule has 1 aromatic carbocycles. The van der Waals surface area contributed by atoms with Crippen LogP contribution in [0.5, 0.6) is 0 Å². The third kappa shape index (κ3) is 4.23. The van der Waals surface area contributed by atoms with Gasteiger partial charge in [0.05, 0.1) is 22.5 Å². The molecule has 1 saturated carbocycles. The Morgan fingerprint density at radius 1 is 1.09 bits per heavy atom. The van der Waals surface area contributed by atoms with Gasteiger partial charge >= 0.3 is 0 Å². The minimum Gasteiger partial charge on any atom is -0.367 e. The molecular weight excluding hydrogens is 310 g/mol. The number of nitrogens with one attached hydrogen (secondary N) is 2. The molecule has 0 saturated heterocycles. The summed E-state index contributed by atoms with van der Waals surface area (Å²) in [6.45, 7) is 0. The predicted octanol–water partition coefficient (Wildman–Crippen LogP) is 4.73. The molecule has 0 spiro atoms. The zero-order valence-corrected chi connectivity index (χ0v) is 13.6. The van der Waals surface area contributed by atoms with E-state index in [9.17, 15) is 4.79 Å². The fourth-order valence-electron chi connectivity index (χ4n) is 2.85. The molecule has 1 aliphatic carbocycles. The van der Waals surface area contributed by atoms with Crippen molar-refractivity contribution in [2.75, 3.05) is 10.6 Å². The molecule has 23 heavy (non-hydrogen) atoms. The Hall–Kier alpha value is -2.07. The molecule has 0 radical (unpaired) electrons. The van der Waals surface area contributed by atoms with Gasteiger partial charge in [0.25, 0.3) is 5.91 Å². The lowest BCUT2D eigenvalue weighted by Crippen LogP contribution is -2.22. The van der Waals surface area contributed by atoms with Crippen molar-refractivity contribution in [2.24, 2.45) is 0 Å². The number of pyridine rings is 1. The zero-order valence-electron chi connectivity index (χ0n) is 12.9. The van der Waals surface area contributed by atoms with Gasteiger partial charge in [0.15, 0.2) is 0 Å². The molecule has 4 nitrogen and oxygen atoms in total. The fourth-order valence-corrected chi connectivity index (χ4v) is 3.07. The molecule has 1 heterocycles. The molecule has 2 aromatic rings. The maximum Gasteiger partial charge on any atom is 0.257 e. The number of carbonyl (C=O) groups excluding carboxylic acids is 1. The van der Waals surface area contributed by atoms with Crippen LogP contribution in [0, 0.1) is 0 Å². The first kappa shape index (κ1) is 15.8. The molecule has 2 N–H and O–H groups in total. The Morgan fingerprint density at radius 2 is 1.87 bits per heavy atom. The molecule has 1 amide bonds. The van der Waals surface area contributed by atoms with Crippen molar-refractivity contribution in [2.45, 2.75) is 38.1 Å². The van der Waals surface area contributed by atoms with Crippen molar-refractivity contribution in [3.63, 3.8) is 0 Å². The van der Waals surface area contributed by atoms with Crippen LogP contribution in [-0.4, -0.2) is 16.9 Å². The number of nitrogens with zero attached hydrogens (tertiary/aromatic N) is 1. The number of amides is 1. The maximum atomic E-state index is 12.2. The average molecular weight is 330 g/mol. The molecule has 5 heteroatoms. The number of carbonyl (C=O) groups is 1. The van der Waals surface area contributed by atoms with Gasteiger partial charge in [-0.3, -0.25) is 4.79 Å². The number of benzene rings is 1. The third-order valence-electron chi connectivity index (χ3n) is 4.10. The van der Waals surface area contributed by atoms with E-state index in [1.54, 1.807) is 30.5 Å². The van der Waals surface area contributed by atoms with Crippen molar-refractivity contribution in [1.82, 2.24) is 4.98 Å². The van der Waals surface area contributed by atoms with Crippen molar-refractivity contribution in [3.8, 4) is 0 Å². The Bertz CT molecular complexity index is 666. The van der Waals surface area contributed by atoms with Crippen LogP contribution in [0.4, 0.5) is 11.5 Å². The molecule has 0 atom stereocenters. The van der Waals surface area contributed by atoms with Crippen LogP contribution < -0.4 is 10.6 Å². The maximum absolute atomic E-state index is 12.2. The van der Waals surface area contributed by atoms with Gasteiger partial charge in [0.2, 0.25) is 0 Å². The Labute approximate surface area is 141 Å². The third-order valence-corrected chi connectivity index (χ3v) is 4.43. The van der Waals surface area contributed by atoms with Crippen LogP contribution in [0.1, 0.15) is 42.5 Å². The van der Waals surface area contributed by atoms with Gasteiger partial charge in [0.1, 0.15) is 5.82 Å².